The Hall–Kier alpha value is -3.46. The van der Waals surface area contributed by atoms with Gasteiger partial charge in [-0.05, 0) is 24.5 Å². The van der Waals surface area contributed by atoms with Gasteiger partial charge in [0.15, 0.2) is 5.13 Å². The van der Waals surface area contributed by atoms with Crippen LogP contribution in [-0.4, -0.2) is 58.1 Å². The van der Waals surface area contributed by atoms with Crippen LogP contribution in [-0.2, 0) is 6.42 Å². The number of benzene rings is 1. The normalized spacial score (nSPS) is 14.9. The number of piperazine rings is 1. The van der Waals surface area contributed by atoms with E-state index < -0.39 is 0 Å². The first-order valence-electron chi connectivity index (χ1n) is 12.3. The molecule has 1 amide bonds. The van der Waals surface area contributed by atoms with E-state index in [9.17, 15) is 4.79 Å². The van der Waals surface area contributed by atoms with Crippen LogP contribution in [0.2, 0.25) is 0 Å². The van der Waals surface area contributed by atoms with Gasteiger partial charge in [0.25, 0.3) is 5.91 Å². The SMILES string of the molecule is CCCCC(Cc1c[nH]c2ccccc12)NC(=O)c1cnc(N2CCN(c3cnccn3)CC2)s1. The van der Waals surface area contributed by atoms with E-state index in [2.05, 4.69) is 66.4 Å². The van der Waals surface area contributed by atoms with Crippen molar-refractivity contribution in [3.05, 3.63) is 65.7 Å². The molecule has 1 aliphatic rings. The van der Waals surface area contributed by atoms with Crippen LogP contribution >= 0.6 is 11.3 Å². The summed E-state index contributed by atoms with van der Waals surface area (Å²) in [6.07, 6.45) is 12.9. The Morgan fingerprint density at radius 1 is 1.11 bits per heavy atom. The van der Waals surface area contributed by atoms with Crippen LogP contribution in [0.25, 0.3) is 10.9 Å². The Morgan fingerprint density at radius 2 is 1.94 bits per heavy atom. The van der Waals surface area contributed by atoms with Gasteiger partial charge in [0.2, 0.25) is 0 Å². The van der Waals surface area contributed by atoms with Gasteiger partial charge in [-0.1, -0.05) is 49.3 Å². The Bertz CT molecular complexity index is 1250. The molecule has 0 radical (unpaired) electrons. The van der Waals surface area contributed by atoms with Crippen LogP contribution < -0.4 is 15.1 Å². The fourth-order valence-electron chi connectivity index (χ4n) is 4.60. The molecule has 8 nitrogen and oxygen atoms in total. The second-order valence-corrected chi connectivity index (χ2v) is 9.93. The van der Waals surface area contributed by atoms with Crippen molar-refractivity contribution in [2.45, 2.75) is 38.6 Å². The van der Waals surface area contributed by atoms with Crippen LogP contribution in [0.15, 0.2) is 55.2 Å². The smallest absolute Gasteiger partial charge is 0.263 e. The highest BCUT2D eigenvalue weighted by molar-refractivity contribution is 7.17. The summed E-state index contributed by atoms with van der Waals surface area (Å²) < 4.78 is 0. The zero-order valence-corrected chi connectivity index (χ0v) is 20.8. The fraction of sp³-hybridized carbons (Fsp3) is 0.385. The summed E-state index contributed by atoms with van der Waals surface area (Å²) in [4.78, 5) is 34.8. The molecular formula is C26H31N7OS. The molecule has 2 N–H and O–H groups in total. The third-order valence-corrected chi connectivity index (χ3v) is 7.58. The van der Waals surface area contributed by atoms with Crippen LogP contribution in [0.5, 0.6) is 0 Å². The van der Waals surface area contributed by atoms with Gasteiger partial charge in [-0.3, -0.25) is 9.78 Å². The van der Waals surface area contributed by atoms with Gasteiger partial charge >= 0.3 is 0 Å². The van der Waals surface area contributed by atoms with E-state index in [-0.39, 0.29) is 11.9 Å². The van der Waals surface area contributed by atoms with Gasteiger partial charge in [-0.25, -0.2) is 9.97 Å². The topological polar surface area (TPSA) is 90.0 Å². The van der Waals surface area contributed by atoms with Gasteiger partial charge in [0.05, 0.1) is 12.4 Å². The molecule has 1 atom stereocenters. The molecular weight excluding hydrogens is 458 g/mol. The number of para-hydroxylation sites is 1. The number of aromatic amines is 1. The molecule has 1 fully saturated rings. The third kappa shape index (κ3) is 5.45. The average molecular weight is 490 g/mol. The summed E-state index contributed by atoms with van der Waals surface area (Å²) in [7, 11) is 0. The number of nitrogens with one attached hydrogen (secondary N) is 2. The van der Waals surface area contributed by atoms with E-state index in [1.165, 1.54) is 22.3 Å². The quantitative estimate of drug-likeness (QED) is 0.365. The van der Waals surface area contributed by atoms with E-state index in [4.69, 9.17) is 0 Å². The number of thiazole rings is 1. The summed E-state index contributed by atoms with van der Waals surface area (Å²) >= 11 is 1.47. The highest BCUT2D eigenvalue weighted by atomic mass is 32.1. The lowest BCUT2D eigenvalue weighted by Gasteiger charge is -2.34. The van der Waals surface area contributed by atoms with Crippen molar-refractivity contribution in [1.82, 2.24) is 25.3 Å². The number of hydrogen-bond acceptors (Lipinski definition) is 7. The molecule has 4 heterocycles. The monoisotopic (exact) mass is 489 g/mol. The van der Waals surface area contributed by atoms with E-state index in [1.807, 2.05) is 6.07 Å². The number of rotatable bonds is 9. The van der Waals surface area contributed by atoms with Gasteiger partial charge < -0.3 is 20.1 Å². The molecule has 3 aromatic heterocycles. The molecule has 1 aliphatic heterocycles. The molecule has 0 spiro atoms. The van der Waals surface area contributed by atoms with Crippen LogP contribution in [0.4, 0.5) is 10.9 Å². The third-order valence-electron chi connectivity index (χ3n) is 6.52. The molecule has 1 aromatic carbocycles. The number of unbranched alkanes of at least 4 members (excludes halogenated alkanes) is 1. The van der Waals surface area contributed by atoms with Gasteiger partial charge in [-0.15, -0.1) is 0 Å². The predicted octanol–water partition coefficient (Wildman–Crippen LogP) is 4.27. The second kappa shape index (κ2) is 10.9. The van der Waals surface area contributed by atoms with Gasteiger partial charge in [0, 0.05) is 61.7 Å². The van der Waals surface area contributed by atoms with Crippen molar-refractivity contribution in [1.29, 1.82) is 0 Å². The number of hydrogen-bond donors (Lipinski definition) is 2. The van der Waals surface area contributed by atoms with E-state index in [0.717, 1.165) is 68.3 Å². The van der Waals surface area contributed by atoms with Crippen LogP contribution in [0, 0.1) is 0 Å². The van der Waals surface area contributed by atoms with E-state index in [1.54, 1.807) is 24.8 Å². The summed E-state index contributed by atoms with van der Waals surface area (Å²) in [5, 5.41) is 5.42. The Balaban J connectivity index is 1.21. The highest BCUT2D eigenvalue weighted by Gasteiger charge is 2.23. The number of anilines is 2. The molecule has 182 valence electrons. The molecule has 4 aromatic rings. The Labute approximate surface area is 209 Å². The van der Waals surface area contributed by atoms with Crippen molar-refractivity contribution in [3.63, 3.8) is 0 Å². The molecule has 0 saturated carbocycles. The second-order valence-electron chi connectivity index (χ2n) is 8.92. The zero-order valence-electron chi connectivity index (χ0n) is 20.0. The van der Waals surface area contributed by atoms with Crippen molar-refractivity contribution in [3.8, 4) is 0 Å². The first kappa shape index (κ1) is 23.3. The van der Waals surface area contributed by atoms with E-state index in [0.29, 0.717) is 4.88 Å². The minimum atomic E-state index is -0.0344. The molecule has 5 rings (SSSR count). The lowest BCUT2D eigenvalue weighted by Crippen LogP contribution is -2.46. The maximum absolute atomic E-state index is 13.2. The van der Waals surface area contributed by atoms with Gasteiger partial charge in [0.1, 0.15) is 10.7 Å². The lowest BCUT2D eigenvalue weighted by molar-refractivity contribution is 0.0938. The van der Waals surface area contributed by atoms with Crippen LogP contribution in [0.1, 0.15) is 41.4 Å². The first-order chi connectivity index (χ1) is 17.2. The number of amides is 1. The molecule has 0 aliphatic carbocycles. The number of H-pyrrole nitrogens is 1. The molecule has 35 heavy (non-hydrogen) atoms. The lowest BCUT2D eigenvalue weighted by atomic mass is 10.0. The number of carbonyl (C=O) groups excluding carboxylic acids is 1. The molecule has 1 unspecified atom stereocenters. The zero-order chi connectivity index (χ0) is 24.0. The summed E-state index contributed by atoms with van der Waals surface area (Å²) in [5.41, 5.74) is 2.38. The van der Waals surface area contributed by atoms with Gasteiger partial charge in [-0.2, -0.15) is 0 Å². The Kier molecular flexibility index (Phi) is 7.23. The standard InChI is InChI=1S/C26H31N7OS/c1-2-3-6-20(15-19-16-29-22-8-5-4-7-21(19)22)31-25(34)23-17-30-26(35-23)33-13-11-32(12-14-33)24-18-27-9-10-28-24/h4-5,7-10,16-18,20,29H,2-3,6,11-15H2,1H3,(H,31,34). The van der Waals surface area contributed by atoms with Crippen molar-refractivity contribution < 1.29 is 4.79 Å². The highest BCUT2D eigenvalue weighted by Crippen LogP contribution is 2.25. The molecule has 9 heteroatoms. The van der Waals surface area contributed by atoms with Crippen molar-refractivity contribution >= 4 is 39.1 Å². The Morgan fingerprint density at radius 3 is 2.74 bits per heavy atom. The van der Waals surface area contributed by atoms with Crippen LogP contribution in [0.3, 0.4) is 0 Å². The van der Waals surface area contributed by atoms with Crippen molar-refractivity contribution in [2.75, 3.05) is 36.0 Å². The maximum atomic E-state index is 13.2. The average Bonchev–Trinajstić information content (AvgIpc) is 3.56. The molecule has 0 bridgehead atoms. The largest absolute Gasteiger partial charge is 0.361 e. The number of carbonyl (C=O) groups is 1. The summed E-state index contributed by atoms with van der Waals surface area (Å²) in [6.45, 7) is 5.56. The first-order valence-corrected chi connectivity index (χ1v) is 13.1. The minimum absolute atomic E-state index is 0.0344. The number of fused-ring (bicyclic) bond motifs is 1. The fourth-order valence-corrected chi connectivity index (χ4v) is 5.47. The number of aromatic nitrogens is 4. The molecule has 1 saturated heterocycles. The predicted molar refractivity (Wildman–Crippen MR) is 141 cm³/mol. The van der Waals surface area contributed by atoms with E-state index >= 15 is 0 Å². The number of nitrogens with zero attached hydrogens (tertiary/aromatic N) is 5. The summed E-state index contributed by atoms with van der Waals surface area (Å²) in [6, 6.07) is 8.41. The summed E-state index contributed by atoms with van der Waals surface area (Å²) in [5.74, 6) is 0.868. The van der Waals surface area contributed by atoms with Crippen molar-refractivity contribution in [2.24, 2.45) is 0 Å². The maximum Gasteiger partial charge on any atom is 0.263 e. The minimum Gasteiger partial charge on any atom is -0.361 e.